The zero-order chi connectivity index (χ0) is 17.1. The van der Waals surface area contributed by atoms with Crippen molar-refractivity contribution in [3.63, 3.8) is 0 Å². The van der Waals surface area contributed by atoms with Crippen molar-refractivity contribution in [2.45, 2.75) is 31.8 Å². The van der Waals surface area contributed by atoms with Gasteiger partial charge in [-0.1, -0.05) is 0 Å². The molecule has 1 aromatic carbocycles. The molecule has 1 atom stereocenters. The molecule has 0 spiro atoms. The van der Waals surface area contributed by atoms with E-state index < -0.39 is 23.0 Å². The number of cyclic esters (lactones) is 1. The van der Waals surface area contributed by atoms with Crippen molar-refractivity contribution in [1.29, 1.82) is 0 Å². The van der Waals surface area contributed by atoms with Crippen LogP contribution < -0.4 is 4.90 Å². The summed E-state index contributed by atoms with van der Waals surface area (Å²) < 4.78 is 9.81. The normalized spacial score (nSPS) is 20.6. The summed E-state index contributed by atoms with van der Waals surface area (Å²) in [5.41, 5.74) is 0.444. The Bertz CT molecular complexity index is 669. The van der Waals surface area contributed by atoms with Crippen molar-refractivity contribution >= 4 is 23.3 Å². The number of benzene rings is 1. The Morgan fingerprint density at radius 1 is 1.29 bits per heavy atom. The van der Waals surface area contributed by atoms with Gasteiger partial charge in [0.1, 0.15) is 5.69 Å². The minimum Gasteiger partial charge on any atom is -0.463 e. The summed E-state index contributed by atoms with van der Waals surface area (Å²) in [5, 5.41) is 11.4. The topological polar surface area (TPSA) is 99.0 Å². The highest BCUT2D eigenvalue weighted by Gasteiger charge is 2.31. The molecule has 2 fully saturated rings. The fourth-order valence-corrected chi connectivity index (χ4v) is 2.98. The lowest BCUT2D eigenvalue weighted by atomic mass is 10.1. The first kappa shape index (κ1) is 16.2. The number of hydrogen-bond acceptors (Lipinski definition) is 7. The van der Waals surface area contributed by atoms with Crippen LogP contribution >= 0.6 is 0 Å². The number of rotatable bonds is 4. The van der Waals surface area contributed by atoms with Crippen LogP contribution in [0.5, 0.6) is 0 Å². The van der Waals surface area contributed by atoms with Crippen LogP contribution in [-0.4, -0.2) is 42.7 Å². The number of nitro groups is 1. The Labute approximate surface area is 138 Å². The molecule has 2 aliphatic rings. The number of nitrogens with zero attached hydrogens (tertiary/aromatic N) is 2. The molecule has 0 amide bonds. The standard InChI is InChI=1S/C16H18N2O6/c19-15(24-14-6-9-23-16(14)20)11-4-5-12(13(10-11)18(21)22)17-7-2-1-3-8-17/h4-5,10,14H,1-3,6-9H2/t14-/m1/s1. The van der Waals surface area contributed by atoms with Crippen LogP contribution in [0.3, 0.4) is 0 Å². The minimum absolute atomic E-state index is 0.0576. The first-order valence-corrected chi connectivity index (χ1v) is 7.97. The van der Waals surface area contributed by atoms with Gasteiger partial charge in [-0.05, 0) is 31.4 Å². The van der Waals surface area contributed by atoms with Crippen molar-refractivity contribution in [2.75, 3.05) is 24.6 Å². The number of carbonyl (C=O) groups excluding carboxylic acids is 2. The number of carbonyl (C=O) groups is 2. The molecule has 0 unspecified atom stereocenters. The van der Waals surface area contributed by atoms with Gasteiger partial charge in [0.2, 0.25) is 6.10 Å². The lowest BCUT2D eigenvalue weighted by Gasteiger charge is -2.28. The van der Waals surface area contributed by atoms with Crippen molar-refractivity contribution in [1.82, 2.24) is 0 Å². The number of ether oxygens (including phenoxy) is 2. The van der Waals surface area contributed by atoms with Gasteiger partial charge >= 0.3 is 11.9 Å². The summed E-state index contributed by atoms with van der Waals surface area (Å²) in [4.78, 5) is 36.4. The Kier molecular flexibility index (Phi) is 4.64. The van der Waals surface area contributed by atoms with Gasteiger partial charge in [0, 0.05) is 25.6 Å². The molecule has 0 aliphatic carbocycles. The predicted molar refractivity (Wildman–Crippen MR) is 83.9 cm³/mol. The van der Waals surface area contributed by atoms with E-state index in [1.807, 2.05) is 4.90 Å². The molecule has 0 bridgehead atoms. The molecule has 8 nitrogen and oxygen atoms in total. The second-order valence-corrected chi connectivity index (χ2v) is 5.86. The van der Waals surface area contributed by atoms with Gasteiger partial charge in [0.25, 0.3) is 5.69 Å². The maximum atomic E-state index is 12.1. The Balaban J connectivity index is 1.81. The summed E-state index contributed by atoms with van der Waals surface area (Å²) >= 11 is 0. The van der Waals surface area contributed by atoms with E-state index in [4.69, 9.17) is 9.47 Å². The van der Waals surface area contributed by atoms with E-state index in [0.717, 1.165) is 32.4 Å². The van der Waals surface area contributed by atoms with Crippen molar-refractivity contribution < 1.29 is 24.0 Å². The maximum absolute atomic E-state index is 12.1. The fraction of sp³-hybridized carbons (Fsp3) is 0.500. The van der Waals surface area contributed by atoms with Crippen molar-refractivity contribution in [3.05, 3.63) is 33.9 Å². The lowest BCUT2D eigenvalue weighted by molar-refractivity contribution is -0.384. The monoisotopic (exact) mass is 334 g/mol. The van der Waals surface area contributed by atoms with E-state index in [0.29, 0.717) is 12.1 Å². The van der Waals surface area contributed by atoms with Gasteiger partial charge in [-0.2, -0.15) is 0 Å². The molecule has 2 saturated heterocycles. The second kappa shape index (κ2) is 6.86. The van der Waals surface area contributed by atoms with Crippen LogP contribution in [0.2, 0.25) is 0 Å². The minimum atomic E-state index is -0.932. The van der Waals surface area contributed by atoms with Gasteiger partial charge in [-0.15, -0.1) is 0 Å². The van der Waals surface area contributed by atoms with E-state index in [9.17, 15) is 19.7 Å². The summed E-state index contributed by atoms with van der Waals surface area (Å²) in [6.45, 7) is 1.74. The maximum Gasteiger partial charge on any atom is 0.347 e. The molecule has 2 heterocycles. The summed E-state index contributed by atoms with van der Waals surface area (Å²) in [7, 11) is 0. The molecule has 2 aliphatic heterocycles. The van der Waals surface area contributed by atoms with Crippen LogP contribution in [-0.2, 0) is 14.3 Å². The molecule has 0 N–H and O–H groups in total. The number of anilines is 1. The summed E-state index contributed by atoms with van der Waals surface area (Å²) in [5.74, 6) is -1.34. The molecule has 0 aromatic heterocycles. The predicted octanol–water partition coefficient (Wildman–Crippen LogP) is 2.06. The largest absolute Gasteiger partial charge is 0.463 e. The summed E-state index contributed by atoms with van der Waals surface area (Å²) in [6, 6.07) is 4.29. The van der Waals surface area contributed by atoms with Crippen molar-refractivity contribution in [2.24, 2.45) is 0 Å². The highest BCUT2D eigenvalue weighted by atomic mass is 16.6. The zero-order valence-corrected chi connectivity index (χ0v) is 13.1. The lowest BCUT2D eigenvalue weighted by Crippen LogP contribution is -2.30. The van der Waals surface area contributed by atoms with Gasteiger partial charge in [0.05, 0.1) is 17.1 Å². The first-order chi connectivity index (χ1) is 11.6. The van der Waals surface area contributed by atoms with E-state index in [1.54, 1.807) is 6.07 Å². The smallest absolute Gasteiger partial charge is 0.347 e. The third-order valence-electron chi connectivity index (χ3n) is 4.24. The van der Waals surface area contributed by atoms with Crippen LogP contribution in [0.4, 0.5) is 11.4 Å². The van der Waals surface area contributed by atoms with Crippen LogP contribution in [0.25, 0.3) is 0 Å². The molecule has 0 radical (unpaired) electrons. The highest BCUT2D eigenvalue weighted by Crippen LogP contribution is 2.31. The average molecular weight is 334 g/mol. The third kappa shape index (κ3) is 3.32. The second-order valence-electron chi connectivity index (χ2n) is 5.86. The van der Waals surface area contributed by atoms with Crippen LogP contribution in [0.1, 0.15) is 36.0 Å². The van der Waals surface area contributed by atoms with Gasteiger partial charge in [-0.3, -0.25) is 10.1 Å². The van der Waals surface area contributed by atoms with E-state index in [-0.39, 0.29) is 17.9 Å². The molecule has 1 aromatic rings. The SMILES string of the molecule is O=C(O[C@@H]1CCOC1=O)c1ccc(N2CCCCC2)c([N+](=O)[O-])c1. The third-order valence-corrected chi connectivity index (χ3v) is 4.24. The van der Waals surface area contributed by atoms with Crippen LogP contribution in [0.15, 0.2) is 18.2 Å². The Morgan fingerprint density at radius 2 is 2.04 bits per heavy atom. The van der Waals surface area contributed by atoms with E-state index in [2.05, 4.69) is 0 Å². The number of piperidine rings is 1. The highest BCUT2D eigenvalue weighted by molar-refractivity contribution is 5.93. The van der Waals surface area contributed by atoms with E-state index in [1.165, 1.54) is 12.1 Å². The van der Waals surface area contributed by atoms with Crippen LogP contribution in [0, 0.1) is 10.1 Å². The van der Waals surface area contributed by atoms with Gasteiger partial charge in [-0.25, -0.2) is 9.59 Å². The molecule has 128 valence electrons. The van der Waals surface area contributed by atoms with Gasteiger partial charge in [0.15, 0.2) is 0 Å². The average Bonchev–Trinajstić information content (AvgIpc) is 3.00. The molecular formula is C16H18N2O6. The quantitative estimate of drug-likeness (QED) is 0.472. The first-order valence-electron chi connectivity index (χ1n) is 7.97. The number of hydrogen-bond donors (Lipinski definition) is 0. The van der Waals surface area contributed by atoms with E-state index >= 15 is 0 Å². The molecule has 3 rings (SSSR count). The zero-order valence-electron chi connectivity index (χ0n) is 13.1. The molecule has 8 heteroatoms. The van der Waals surface area contributed by atoms with Crippen molar-refractivity contribution in [3.8, 4) is 0 Å². The van der Waals surface area contributed by atoms with Gasteiger partial charge < -0.3 is 14.4 Å². The fourth-order valence-electron chi connectivity index (χ4n) is 2.98. The molecular weight excluding hydrogens is 316 g/mol. The molecule has 0 saturated carbocycles. The molecule has 24 heavy (non-hydrogen) atoms. The summed E-state index contributed by atoms with van der Waals surface area (Å²) in [6.07, 6.45) is 2.47. The Morgan fingerprint density at radius 3 is 2.67 bits per heavy atom. The Hall–Kier alpha value is -2.64. The number of nitro benzene ring substituents is 1. The number of esters is 2.